The lowest BCUT2D eigenvalue weighted by molar-refractivity contribution is -0.121. The Kier molecular flexibility index (Phi) is 5.77. The molecule has 0 atom stereocenters. The number of nitrogens with zero attached hydrogens (tertiary/aromatic N) is 1. The molecule has 0 aliphatic heterocycles. The van der Waals surface area contributed by atoms with Crippen molar-refractivity contribution >= 4 is 17.2 Å². The fourth-order valence-corrected chi connectivity index (χ4v) is 2.91. The number of nitrogens with one attached hydrogen (secondary N) is 1. The van der Waals surface area contributed by atoms with Gasteiger partial charge in [0.05, 0.1) is 7.11 Å². The third-order valence-corrected chi connectivity index (χ3v) is 4.29. The van der Waals surface area contributed by atoms with E-state index in [4.69, 9.17) is 4.74 Å². The SMILES string of the molecule is COc1cccc(CCNC(=O)CCn2c(C)csc2=O)c1. The van der Waals surface area contributed by atoms with E-state index in [2.05, 4.69) is 5.32 Å². The van der Waals surface area contributed by atoms with Gasteiger partial charge in [0.1, 0.15) is 5.75 Å². The number of amides is 1. The zero-order valence-corrected chi connectivity index (χ0v) is 13.6. The van der Waals surface area contributed by atoms with Gasteiger partial charge in [-0.1, -0.05) is 23.5 Å². The first-order valence-electron chi connectivity index (χ1n) is 7.14. The maximum atomic E-state index is 11.8. The Morgan fingerprint density at radius 1 is 1.41 bits per heavy atom. The summed E-state index contributed by atoms with van der Waals surface area (Å²) < 4.78 is 6.80. The van der Waals surface area contributed by atoms with Crippen LogP contribution in [0.25, 0.3) is 0 Å². The standard InChI is InChI=1S/C16H20N2O3S/c1-12-11-22-16(20)18(12)9-7-15(19)17-8-6-13-4-3-5-14(10-13)21-2/h3-5,10-11H,6-9H2,1-2H3,(H,17,19). The Labute approximate surface area is 133 Å². The topological polar surface area (TPSA) is 60.3 Å². The van der Waals surface area contributed by atoms with Crippen molar-refractivity contribution in [2.75, 3.05) is 13.7 Å². The predicted molar refractivity (Wildman–Crippen MR) is 87.6 cm³/mol. The third kappa shape index (κ3) is 4.46. The number of benzene rings is 1. The van der Waals surface area contributed by atoms with Crippen LogP contribution in [-0.4, -0.2) is 24.1 Å². The van der Waals surface area contributed by atoms with E-state index in [9.17, 15) is 9.59 Å². The van der Waals surface area contributed by atoms with E-state index in [1.807, 2.05) is 36.6 Å². The maximum absolute atomic E-state index is 11.8. The van der Waals surface area contributed by atoms with E-state index in [-0.39, 0.29) is 10.8 Å². The van der Waals surface area contributed by atoms with Crippen LogP contribution in [0.3, 0.4) is 0 Å². The summed E-state index contributed by atoms with van der Waals surface area (Å²) in [6, 6.07) is 7.79. The molecule has 0 aliphatic rings. The van der Waals surface area contributed by atoms with Crippen LogP contribution in [0.1, 0.15) is 17.7 Å². The number of carbonyl (C=O) groups is 1. The molecule has 1 aromatic carbocycles. The van der Waals surface area contributed by atoms with Gasteiger partial charge in [-0.3, -0.25) is 9.59 Å². The fraction of sp³-hybridized carbons (Fsp3) is 0.375. The number of hydrogen-bond acceptors (Lipinski definition) is 4. The lowest BCUT2D eigenvalue weighted by Crippen LogP contribution is -2.28. The second kappa shape index (κ2) is 7.79. The van der Waals surface area contributed by atoms with Crippen molar-refractivity contribution in [3.8, 4) is 5.75 Å². The van der Waals surface area contributed by atoms with Crippen molar-refractivity contribution in [1.29, 1.82) is 0 Å². The minimum absolute atomic E-state index is 0.0123. The second-order valence-electron chi connectivity index (χ2n) is 5.00. The molecule has 0 fully saturated rings. The van der Waals surface area contributed by atoms with Crippen LogP contribution >= 0.6 is 11.3 Å². The lowest BCUT2D eigenvalue weighted by atomic mass is 10.1. The van der Waals surface area contributed by atoms with Gasteiger partial charge < -0.3 is 14.6 Å². The van der Waals surface area contributed by atoms with Crippen molar-refractivity contribution < 1.29 is 9.53 Å². The van der Waals surface area contributed by atoms with Gasteiger partial charge in [0.2, 0.25) is 5.91 Å². The van der Waals surface area contributed by atoms with E-state index >= 15 is 0 Å². The summed E-state index contributed by atoms with van der Waals surface area (Å²) in [6.07, 6.45) is 1.07. The van der Waals surface area contributed by atoms with Crippen LogP contribution in [0.4, 0.5) is 0 Å². The highest BCUT2D eigenvalue weighted by Crippen LogP contribution is 2.12. The summed E-state index contributed by atoms with van der Waals surface area (Å²) in [5, 5.41) is 4.69. The minimum Gasteiger partial charge on any atom is -0.497 e. The molecule has 118 valence electrons. The number of methoxy groups -OCH3 is 1. The summed E-state index contributed by atoms with van der Waals surface area (Å²) in [4.78, 5) is 23.4. The summed E-state index contributed by atoms with van der Waals surface area (Å²) in [7, 11) is 1.63. The molecule has 0 unspecified atom stereocenters. The van der Waals surface area contributed by atoms with Crippen molar-refractivity contribution in [3.63, 3.8) is 0 Å². The average Bonchev–Trinajstić information content (AvgIpc) is 2.84. The van der Waals surface area contributed by atoms with Crippen LogP contribution < -0.4 is 14.9 Å². The van der Waals surface area contributed by atoms with Crippen molar-refractivity contribution in [1.82, 2.24) is 9.88 Å². The molecule has 0 saturated heterocycles. The Morgan fingerprint density at radius 2 is 2.23 bits per heavy atom. The Bertz CT molecular complexity index is 691. The number of thiazole rings is 1. The molecule has 2 aromatic rings. The largest absolute Gasteiger partial charge is 0.497 e. The molecule has 22 heavy (non-hydrogen) atoms. The Balaban J connectivity index is 1.75. The normalized spacial score (nSPS) is 10.5. The highest BCUT2D eigenvalue weighted by Gasteiger charge is 2.06. The summed E-state index contributed by atoms with van der Waals surface area (Å²) in [6.45, 7) is 2.88. The lowest BCUT2D eigenvalue weighted by Gasteiger charge is -2.07. The van der Waals surface area contributed by atoms with Gasteiger partial charge >= 0.3 is 4.87 Å². The number of hydrogen-bond donors (Lipinski definition) is 1. The molecule has 1 aromatic heterocycles. The zero-order chi connectivity index (χ0) is 15.9. The van der Waals surface area contributed by atoms with E-state index in [0.717, 1.165) is 23.4 Å². The molecule has 0 radical (unpaired) electrons. The molecule has 0 saturated carbocycles. The summed E-state index contributed by atoms with van der Waals surface area (Å²) >= 11 is 1.17. The Morgan fingerprint density at radius 3 is 2.91 bits per heavy atom. The van der Waals surface area contributed by atoms with Gasteiger partial charge in [-0.25, -0.2) is 0 Å². The average molecular weight is 320 g/mol. The molecular formula is C16H20N2O3S. The minimum atomic E-state index is -0.0413. The van der Waals surface area contributed by atoms with E-state index < -0.39 is 0 Å². The number of rotatable bonds is 7. The number of aryl methyl sites for hydroxylation is 1. The van der Waals surface area contributed by atoms with Gasteiger partial charge in [0.25, 0.3) is 0 Å². The first-order valence-corrected chi connectivity index (χ1v) is 8.02. The maximum Gasteiger partial charge on any atom is 0.307 e. The van der Waals surface area contributed by atoms with Gasteiger partial charge in [0, 0.05) is 30.6 Å². The van der Waals surface area contributed by atoms with Crippen LogP contribution in [0, 0.1) is 6.92 Å². The van der Waals surface area contributed by atoms with Gasteiger partial charge in [-0.05, 0) is 31.0 Å². The Hall–Kier alpha value is -2.08. The molecule has 0 bridgehead atoms. The van der Waals surface area contributed by atoms with Crippen LogP contribution in [0.2, 0.25) is 0 Å². The predicted octanol–water partition coefficient (Wildman–Crippen LogP) is 1.98. The quantitative estimate of drug-likeness (QED) is 0.848. The van der Waals surface area contributed by atoms with Gasteiger partial charge in [-0.2, -0.15) is 0 Å². The fourth-order valence-electron chi connectivity index (χ4n) is 2.15. The smallest absolute Gasteiger partial charge is 0.307 e. The van der Waals surface area contributed by atoms with Crippen molar-refractivity contribution in [3.05, 3.63) is 50.6 Å². The molecule has 5 nitrogen and oxygen atoms in total. The van der Waals surface area contributed by atoms with Gasteiger partial charge in [0.15, 0.2) is 0 Å². The number of aromatic nitrogens is 1. The van der Waals surface area contributed by atoms with E-state index in [1.54, 1.807) is 11.7 Å². The molecule has 0 aliphatic carbocycles. The number of ether oxygens (including phenoxy) is 1. The highest BCUT2D eigenvalue weighted by atomic mass is 32.1. The molecule has 1 amide bonds. The van der Waals surface area contributed by atoms with E-state index in [0.29, 0.717) is 19.5 Å². The summed E-state index contributed by atoms with van der Waals surface area (Å²) in [5.41, 5.74) is 2.02. The molecule has 0 spiro atoms. The van der Waals surface area contributed by atoms with Crippen LogP contribution in [0.5, 0.6) is 5.75 Å². The van der Waals surface area contributed by atoms with Crippen LogP contribution in [0.15, 0.2) is 34.4 Å². The zero-order valence-electron chi connectivity index (χ0n) is 12.8. The van der Waals surface area contributed by atoms with Crippen LogP contribution in [-0.2, 0) is 17.8 Å². The summed E-state index contributed by atoms with van der Waals surface area (Å²) in [5.74, 6) is 0.775. The first kappa shape index (κ1) is 16.3. The third-order valence-electron chi connectivity index (χ3n) is 3.41. The first-order chi connectivity index (χ1) is 10.6. The molecular weight excluding hydrogens is 300 g/mol. The molecule has 2 rings (SSSR count). The van der Waals surface area contributed by atoms with E-state index in [1.165, 1.54) is 11.3 Å². The molecule has 6 heteroatoms. The van der Waals surface area contributed by atoms with Crippen molar-refractivity contribution in [2.45, 2.75) is 26.3 Å². The van der Waals surface area contributed by atoms with Gasteiger partial charge in [-0.15, -0.1) is 0 Å². The highest BCUT2D eigenvalue weighted by molar-refractivity contribution is 7.07. The second-order valence-corrected chi connectivity index (χ2v) is 5.82. The molecule has 1 N–H and O–H groups in total. The monoisotopic (exact) mass is 320 g/mol. The van der Waals surface area contributed by atoms with Crippen molar-refractivity contribution in [2.24, 2.45) is 0 Å². The molecule has 1 heterocycles. The number of carbonyl (C=O) groups excluding carboxylic acids is 1.